The van der Waals surface area contributed by atoms with E-state index < -0.39 is 5.60 Å². The van der Waals surface area contributed by atoms with Crippen LogP contribution in [0.15, 0.2) is 12.3 Å². The van der Waals surface area contributed by atoms with Gasteiger partial charge in [-0.3, -0.25) is 0 Å². The number of nitrogens with zero attached hydrogens (tertiary/aromatic N) is 1. The summed E-state index contributed by atoms with van der Waals surface area (Å²) in [5.74, 6) is 1.23. The first kappa shape index (κ1) is 13.3. The maximum atomic E-state index is 10.9. The molecule has 3 nitrogen and oxygen atoms in total. The zero-order valence-electron chi connectivity index (χ0n) is 11.4. The van der Waals surface area contributed by atoms with Crippen LogP contribution in [0.4, 0.5) is 5.82 Å². The van der Waals surface area contributed by atoms with Crippen LogP contribution in [0.25, 0.3) is 0 Å². The Kier molecular flexibility index (Phi) is 3.91. The van der Waals surface area contributed by atoms with Crippen LogP contribution in [-0.4, -0.2) is 10.1 Å². The van der Waals surface area contributed by atoms with Gasteiger partial charge in [0.2, 0.25) is 0 Å². The Morgan fingerprint density at radius 3 is 2.94 bits per heavy atom. The van der Waals surface area contributed by atoms with Gasteiger partial charge in [-0.2, -0.15) is 0 Å². The zero-order valence-corrected chi connectivity index (χ0v) is 11.4. The number of hydrogen-bond acceptors (Lipinski definition) is 3. The number of aromatic nitrogens is 1. The van der Waals surface area contributed by atoms with Gasteiger partial charge in [0.1, 0.15) is 5.82 Å². The number of anilines is 1. The Hall–Kier alpha value is -1.09. The van der Waals surface area contributed by atoms with Crippen molar-refractivity contribution >= 4 is 5.82 Å². The molecule has 1 aliphatic carbocycles. The van der Waals surface area contributed by atoms with Crippen LogP contribution >= 0.6 is 0 Å². The summed E-state index contributed by atoms with van der Waals surface area (Å²) >= 11 is 0. The van der Waals surface area contributed by atoms with Gasteiger partial charge in [0, 0.05) is 11.8 Å². The molecular weight excluding hydrogens is 224 g/mol. The Morgan fingerprint density at radius 1 is 1.44 bits per heavy atom. The van der Waals surface area contributed by atoms with E-state index in [-0.39, 0.29) is 0 Å². The molecular formula is C15H24N2O. The lowest BCUT2D eigenvalue weighted by Crippen LogP contribution is -2.26. The fourth-order valence-corrected chi connectivity index (χ4v) is 3.03. The summed E-state index contributed by atoms with van der Waals surface area (Å²) < 4.78 is 0. The topological polar surface area (TPSA) is 59.1 Å². The lowest BCUT2D eigenvalue weighted by molar-refractivity contribution is 0.0200. The summed E-state index contributed by atoms with van der Waals surface area (Å²) in [5, 5.41) is 10.9. The number of aryl methyl sites for hydroxylation is 1. The lowest BCUT2D eigenvalue weighted by atomic mass is 9.85. The highest BCUT2D eigenvalue weighted by atomic mass is 16.3. The number of aliphatic hydroxyl groups is 1. The number of hydrogen-bond donors (Lipinski definition) is 2. The second-order valence-corrected chi connectivity index (χ2v) is 5.68. The molecule has 3 heteroatoms. The number of pyridine rings is 1. The van der Waals surface area contributed by atoms with Crippen molar-refractivity contribution in [2.75, 3.05) is 5.73 Å². The molecule has 2 unspecified atom stereocenters. The monoisotopic (exact) mass is 248 g/mol. The minimum atomic E-state index is -0.771. The molecule has 1 aromatic heterocycles. The maximum Gasteiger partial charge on any atom is 0.129 e. The summed E-state index contributed by atoms with van der Waals surface area (Å²) in [7, 11) is 0. The molecule has 0 spiro atoms. The second kappa shape index (κ2) is 5.27. The van der Waals surface area contributed by atoms with Crippen molar-refractivity contribution < 1.29 is 5.11 Å². The molecule has 0 aromatic carbocycles. The predicted octanol–water partition coefficient (Wildman–Crippen LogP) is 3.15. The van der Waals surface area contributed by atoms with Gasteiger partial charge in [0.15, 0.2) is 0 Å². The van der Waals surface area contributed by atoms with Crippen molar-refractivity contribution in [2.24, 2.45) is 5.92 Å². The van der Waals surface area contributed by atoms with Crippen LogP contribution in [0.2, 0.25) is 0 Å². The molecule has 2 rings (SSSR count). The van der Waals surface area contributed by atoms with Crippen molar-refractivity contribution in [3.8, 4) is 0 Å². The van der Waals surface area contributed by atoms with E-state index in [1.54, 1.807) is 6.20 Å². The van der Waals surface area contributed by atoms with E-state index >= 15 is 0 Å². The smallest absolute Gasteiger partial charge is 0.129 e. The molecule has 0 aliphatic heterocycles. The summed E-state index contributed by atoms with van der Waals surface area (Å²) in [6.07, 6.45) is 7.95. The van der Waals surface area contributed by atoms with Crippen molar-refractivity contribution in [1.82, 2.24) is 4.98 Å². The minimum absolute atomic E-state index is 0.484. The molecule has 100 valence electrons. The van der Waals surface area contributed by atoms with E-state index in [1.165, 1.54) is 12.8 Å². The second-order valence-electron chi connectivity index (χ2n) is 5.68. The van der Waals surface area contributed by atoms with Crippen molar-refractivity contribution in [2.45, 2.75) is 58.0 Å². The molecule has 0 bridgehead atoms. The van der Waals surface area contributed by atoms with E-state index in [1.807, 2.05) is 13.0 Å². The number of nitrogen functional groups attached to an aromatic ring is 1. The summed E-state index contributed by atoms with van der Waals surface area (Å²) in [5.41, 5.74) is 7.07. The average molecular weight is 248 g/mol. The fourth-order valence-electron chi connectivity index (χ4n) is 3.03. The van der Waals surface area contributed by atoms with Gasteiger partial charge in [-0.25, -0.2) is 4.98 Å². The molecule has 1 saturated carbocycles. The first-order valence-corrected chi connectivity index (χ1v) is 7.00. The van der Waals surface area contributed by atoms with Crippen LogP contribution in [0.1, 0.15) is 56.6 Å². The fraction of sp³-hybridized carbons (Fsp3) is 0.667. The molecule has 1 fully saturated rings. The minimum Gasteiger partial charge on any atom is -0.385 e. The van der Waals surface area contributed by atoms with E-state index in [0.29, 0.717) is 5.82 Å². The molecule has 3 N–H and O–H groups in total. The van der Waals surface area contributed by atoms with Crippen LogP contribution in [0.3, 0.4) is 0 Å². The SMILES string of the molecule is CCC1CCCC(O)(c2cc(C)cnc2N)CC1. The Morgan fingerprint density at radius 2 is 2.22 bits per heavy atom. The summed E-state index contributed by atoms with van der Waals surface area (Å²) in [4.78, 5) is 4.19. The van der Waals surface area contributed by atoms with Crippen LogP contribution < -0.4 is 5.73 Å². The van der Waals surface area contributed by atoms with Crippen molar-refractivity contribution in [3.63, 3.8) is 0 Å². The first-order chi connectivity index (χ1) is 8.55. The molecule has 1 aromatic rings. The van der Waals surface area contributed by atoms with E-state index in [0.717, 1.165) is 42.7 Å². The van der Waals surface area contributed by atoms with Gasteiger partial charge in [0.05, 0.1) is 5.60 Å². The highest BCUT2D eigenvalue weighted by Gasteiger charge is 2.34. The first-order valence-electron chi connectivity index (χ1n) is 7.00. The number of nitrogens with two attached hydrogens (primary N) is 1. The van der Waals surface area contributed by atoms with Gasteiger partial charge in [-0.15, -0.1) is 0 Å². The van der Waals surface area contributed by atoms with Gasteiger partial charge in [0.25, 0.3) is 0 Å². The standard InChI is InChI=1S/C15H24N2O/c1-3-12-5-4-7-15(18,8-6-12)13-9-11(2)10-17-14(13)16/h9-10,12,18H,3-8H2,1-2H3,(H2,16,17). The predicted molar refractivity (Wildman–Crippen MR) is 74.1 cm³/mol. The highest BCUT2D eigenvalue weighted by molar-refractivity contribution is 5.44. The van der Waals surface area contributed by atoms with Gasteiger partial charge in [-0.1, -0.05) is 19.8 Å². The van der Waals surface area contributed by atoms with Crippen molar-refractivity contribution in [3.05, 3.63) is 23.4 Å². The van der Waals surface area contributed by atoms with Gasteiger partial charge in [-0.05, 0) is 50.2 Å². The highest BCUT2D eigenvalue weighted by Crippen LogP contribution is 2.40. The maximum absolute atomic E-state index is 10.9. The largest absolute Gasteiger partial charge is 0.385 e. The van der Waals surface area contributed by atoms with Crippen LogP contribution in [0.5, 0.6) is 0 Å². The number of rotatable bonds is 2. The molecule has 0 amide bonds. The molecule has 1 aliphatic rings. The molecule has 0 saturated heterocycles. The molecule has 2 atom stereocenters. The Balaban J connectivity index is 2.27. The Bertz CT molecular complexity index is 419. The third-order valence-corrected chi connectivity index (χ3v) is 4.30. The lowest BCUT2D eigenvalue weighted by Gasteiger charge is -2.28. The summed E-state index contributed by atoms with van der Waals surface area (Å²) in [6, 6.07) is 1.99. The Labute approximate surface area is 109 Å². The quantitative estimate of drug-likeness (QED) is 0.790. The molecule has 0 radical (unpaired) electrons. The van der Waals surface area contributed by atoms with E-state index in [4.69, 9.17) is 5.73 Å². The molecule has 1 heterocycles. The third-order valence-electron chi connectivity index (χ3n) is 4.30. The van der Waals surface area contributed by atoms with Gasteiger partial charge < -0.3 is 10.8 Å². The van der Waals surface area contributed by atoms with Crippen LogP contribution in [-0.2, 0) is 5.60 Å². The van der Waals surface area contributed by atoms with E-state index in [2.05, 4.69) is 11.9 Å². The van der Waals surface area contributed by atoms with E-state index in [9.17, 15) is 5.11 Å². The molecule has 18 heavy (non-hydrogen) atoms. The van der Waals surface area contributed by atoms with Gasteiger partial charge >= 0.3 is 0 Å². The zero-order chi connectivity index (χ0) is 13.2. The normalized spacial score (nSPS) is 28.9. The van der Waals surface area contributed by atoms with Crippen molar-refractivity contribution in [1.29, 1.82) is 0 Å². The average Bonchev–Trinajstić information content (AvgIpc) is 2.55. The van der Waals surface area contributed by atoms with Crippen LogP contribution in [0, 0.1) is 12.8 Å². The third kappa shape index (κ3) is 2.66. The summed E-state index contributed by atoms with van der Waals surface area (Å²) in [6.45, 7) is 4.22.